The number of hydrogen-bond donors (Lipinski definition) is 0. The molecule has 0 amide bonds. The number of allylic oxidation sites excluding steroid dienone is 1. The van der Waals surface area contributed by atoms with Gasteiger partial charge in [-0.25, -0.2) is 0 Å². The lowest BCUT2D eigenvalue weighted by Gasteiger charge is -1.88. The van der Waals surface area contributed by atoms with Crippen LogP contribution in [0.1, 0.15) is 31.2 Å². The highest BCUT2D eigenvalue weighted by Crippen LogP contribution is 2.20. The maximum absolute atomic E-state index is 11.9. The first kappa shape index (κ1) is 12.3. The average Bonchev–Trinajstić information content (AvgIpc) is 2.94. The van der Waals surface area contributed by atoms with Crippen molar-refractivity contribution in [3.63, 3.8) is 0 Å². The van der Waals surface area contributed by atoms with Gasteiger partial charge in [0.2, 0.25) is 0 Å². The van der Waals surface area contributed by atoms with Crippen molar-refractivity contribution in [1.29, 1.82) is 0 Å². The lowest BCUT2D eigenvalue weighted by molar-refractivity contribution is 0.105. The van der Waals surface area contributed by atoms with Crippen molar-refractivity contribution in [2.24, 2.45) is 0 Å². The van der Waals surface area contributed by atoms with E-state index < -0.39 is 0 Å². The minimum Gasteiger partial charge on any atom is -0.288 e. The van der Waals surface area contributed by atoms with Crippen LogP contribution in [0.2, 0.25) is 0 Å². The Morgan fingerprint density at radius 3 is 2.65 bits per heavy atom. The second kappa shape index (κ2) is 5.43. The van der Waals surface area contributed by atoms with Crippen LogP contribution in [-0.4, -0.2) is 5.78 Å². The molecule has 2 aromatic heterocycles. The molecule has 0 saturated carbocycles. The Balaban J connectivity index is 2.08. The lowest BCUT2D eigenvalue weighted by Crippen LogP contribution is -1.88. The minimum absolute atomic E-state index is 0.0979. The maximum Gasteiger partial charge on any atom is 0.195 e. The molecule has 0 aromatic carbocycles. The topological polar surface area (TPSA) is 17.1 Å². The molecular weight excluding hydrogens is 248 g/mol. The standard InChI is InChI=1S/C14H14OS2/c1-3-11-7-9-14(17-11)13(15)8-6-12-5-4-10(2)16-12/h4-9H,3H2,1-2H3. The summed E-state index contributed by atoms with van der Waals surface area (Å²) in [6.45, 7) is 4.17. The Morgan fingerprint density at radius 1 is 1.24 bits per heavy atom. The Bertz CT molecular complexity index is 546. The van der Waals surface area contributed by atoms with Crippen LogP contribution in [-0.2, 0) is 6.42 Å². The van der Waals surface area contributed by atoms with Gasteiger partial charge in [0.1, 0.15) is 0 Å². The molecule has 0 unspecified atom stereocenters. The maximum atomic E-state index is 11.9. The SMILES string of the molecule is CCc1ccc(C(=O)C=Cc2ccc(C)s2)s1. The van der Waals surface area contributed by atoms with E-state index in [2.05, 4.69) is 19.9 Å². The summed E-state index contributed by atoms with van der Waals surface area (Å²) in [6.07, 6.45) is 4.55. The molecule has 0 aliphatic rings. The zero-order valence-corrected chi connectivity index (χ0v) is 11.5. The third kappa shape index (κ3) is 3.14. The fourth-order valence-corrected chi connectivity index (χ4v) is 3.13. The molecule has 0 aliphatic heterocycles. The molecule has 0 aliphatic carbocycles. The summed E-state index contributed by atoms with van der Waals surface area (Å²) < 4.78 is 0. The number of aryl methyl sites for hydroxylation is 2. The van der Waals surface area contributed by atoms with Crippen LogP contribution in [0.3, 0.4) is 0 Å². The van der Waals surface area contributed by atoms with Crippen LogP contribution in [0.25, 0.3) is 6.08 Å². The Labute approximate surface area is 109 Å². The van der Waals surface area contributed by atoms with E-state index in [1.165, 1.54) is 9.75 Å². The monoisotopic (exact) mass is 262 g/mol. The Hall–Kier alpha value is -1.19. The fraction of sp³-hybridized carbons (Fsp3) is 0.214. The van der Waals surface area contributed by atoms with Gasteiger partial charge in [0.15, 0.2) is 5.78 Å². The summed E-state index contributed by atoms with van der Waals surface area (Å²) in [6, 6.07) is 8.04. The molecule has 88 valence electrons. The van der Waals surface area contributed by atoms with E-state index in [0.29, 0.717) is 0 Å². The molecule has 0 spiro atoms. The summed E-state index contributed by atoms with van der Waals surface area (Å²) in [7, 11) is 0. The number of carbonyl (C=O) groups is 1. The first-order chi connectivity index (χ1) is 8.19. The van der Waals surface area contributed by atoms with Crippen molar-refractivity contribution in [3.05, 3.63) is 49.9 Å². The summed E-state index contributed by atoms with van der Waals surface area (Å²) in [5.74, 6) is 0.0979. The van der Waals surface area contributed by atoms with E-state index in [9.17, 15) is 4.79 Å². The molecule has 2 heterocycles. The predicted molar refractivity (Wildman–Crippen MR) is 76.1 cm³/mol. The zero-order valence-electron chi connectivity index (χ0n) is 9.90. The predicted octanol–water partition coefficient (Wildman–Crippen LogP) is 4.58. The highest BCUT2D eigenvalue weighted by molar-refractivity contribution is 7.14. The summed E-state index contributed by atoms with van der Waals surface area (Å²) in [4.78, 5) is 16.4. The molecule has 17 heavy (non-hydrogen) atoms. The van der Waals surface area contributed by atoms with E-state index in [0.717, 1.165) is 16.2 Å². The van der Waals surface area contributed by atoms with Crippen LogP contribution < -0.4 is 0 Å². The molecule has 0 saturated heterocycles. The normalized spacial score (nSPS) is 11.2. The van der Waals surface area contributed by atoms with Crippen LogP contribution in [0.15, 0.2) is 30.3 Å². The van der Waals surface area contributed by atoms with Gasteiger partial charge in [-0.15, -0.1) is 22.7 Å². The second-order valence-electron chi connectivity index (χ2n) is 3.77. The van der Waals surface area contributed by atoms with Crippen LogP contribution in [0.4, 0.5) is 0 Å². The lowest BCUT2D eigenvalue weighted by atomic mass is 10.2. The number of ketones is 1. The number of hydrogen-bond acceptors (Lipinski definition) is 3. The van der Waals surface area contributed by atoms with E-state index in [1.807, 2.05) is 24.3 Å². The molecule has 0 N–H and O–H groups in total. The smallest absolute Gasteiger partial charge is 0.195 e. The molecular formula is C14H14OS2. The van der Waals surface area contributed by atoms with E-state index in [-0.39, 0.29) is 5.78 Å². The highest BCUT2D eigenvalue weighted by Gasteiger charge is 2.05. The third-order valence-electron chi connectivity index (χ3n) is 2.41. The van der Waals surface area contributed by atoms with E-state index in [1.54, 1.807) is 28.7 Å². The Kier molecular flexibility index (Phi) is 3.92. The van der Waals surface area contributed by atoms with Gasteiger partial charge >= 0.3 is 0 Å². The molecule has 1 nitrogen and oxygen atoms in total. The van der Waals surface area contributed by atoms with Gasteiger partial charge in [-0.05, 0) is 49.8 Å². The zero-order chi connectivity index (χ0) is 12.3. The largest absolute Gasteiger partial charge is 0.288 e. The van der Waals surface area contributed by atoms with Gasteiger partial charge in [0, 0.05) is 14.6 Å². The van der Waals surface area contributed by atoms with E-state index >= 15 is 0 Å². The van der Waals surface area contributed by atoms with Gasteiger partial charge in [-0.2, -0.15) is 0 Å². The van der Waals surface area contributed by atoms with Crippen molar-refractivity contribution in [2.45, 2.75) is 20.3 Å². The number of rotatable bonds is 4. The van der Waals surface area contributed by atoms with Crippen LogP contribution >= 0.6 is 22.7 Å². The molecule has 0 fully saturated rings. The average molecular weight is 262 g/mol. The number of thiophene rings is 2. The molecule has 0 atom stereocenters. The molecule has 0 radical (unpaired) electrons. The van der Waals surface area contributed by atoms with Gasteiger partial charge in [-0.1, -0.05) is 6.92 Å². The first-order valence-electron chi connectivity index (χ1n) is 5.56. The van der Waals surface area contributed by atoms with Crippen molar-refractivity contribution in [3.8, 4) is 0 Å². The van der Waals surface area contributed by atoms with Crippen molar-refractivity contribution in [2.75, 3.05) is 0 Å². The van der Waals surface area contributed by atoms with E-state index in [4.69, 9.17) is 0 Å². The quantitative estimate of drug-likeness (QED) is 0.582. The fourth-order valence-electron chi connectivity index (χ4n) is 1.48. The second-order valence-corrected chi connectivity index (χ2v) is 6.25. The van der Waals surface area contributed by atoms with Crippen molar-refractivity contribution < 1.29 is 4.79 Å². The summed E-state index contributed by atoms with van der Waals surface area (Å²) in [5.41, 5.74) is 0. The first-order valence-corrected chi connectivity index (χ1v) is 7.20. The van der Waals surface area contributed by atoms with Crippen molar-refractivity contribution in [1.82, 2.24) is 0 Å². The summed E-state index contributed by atoms with van der Waals surface area (Å²) in [5, 5.41) is 0. The Morgan fingerprint density at radius 2 is 2.06 bits per heavy atom. The molecule has 3 heteroatoms. The highest BCUT2D eigenvalue weighted by atomic mass is 32.1. The van der Waals surface area contributed by atoms with Crippen LogP contribution in [0.5, 0.6) is 0 Å². The van der Waals surface area contributed by atoms with Gasteiger partial charge in [0.25, 0.3) is 0 Å². The van der Waals surface area contributed by atoms with Gasteiger partial charge < -0.3 is 0 Å². The van der Waals surface area contributed by atoms with Gasteiger partial charge in [-0.3, -0.25) is 4.79 Å². The molecule has 2 aromatic rings. The molecule has 2 rings (SSSR count). The van der Waals surface area contributed by atoms with Crippen molar-refractivity contribution >= 4 is 34.5 Å². The minimum atomic E-state index is 0.0979. The molecule has 0 bridgehead atoms. The van der Waals surface area contributed by atoms with Gasteiger partial charge in [0.05, 0.1) is 4.88 Å². The third-order valence-corrected chi connectivity index (χ3v) is 4.62. The number of carbonyl (C=O) groups excluding carboxylic acids is 1. The van der Waals surface area contributed by atoms with Crippen LogP contribution in [0, 0.1) is 6.92 Å². The summed E-state index contributed by atoms with van der Waals surface area (Å²) >= 11 is 3.28.